The molecule has 2 aliphatic rings. The number of para-hydroxylation sites is 1. The lowest BCUT2D eigenvalue weighted by atomic mass is 9.70. The van der Waals surface area contributed by atoms with E-state index in [4.69, 9.17) is 4.74 Å². The van der Waals surface area contributed by atoms with E-state index in [1.165, 1.54) is 14.7 Å². The van der Waals surface area contributed by atoms with Crippen LogP contribution in [0.2, 0.25) is 0 Å². The van der Waals surface area contributed by atoms with Gasteiger partial charge in [0.2, 0.25) is 4.90 Å². The molecule has 3 aromatic carbocycles. The number of ether oxygens (including phenoxy) is 1. The van der Waals surface area contributed by atoms with Crippen LogP contribution in [0.4, 0.5) is 0 Å². The second-order valence-electron chi connectivity index (χ2n) is 12.0. The number of ketones is 1. The highest BCUT2D eigenvalue weighted by atomic mass is 32.2. The average Bonchev–Trinajstić information content (AvgIpc) is 3.19. The minimum Gasteiger partial charge on any atom is -0.748 e. The summed E-state index contributed by atoms with van der Waals surface area (Å²) < 4.78 is 38.9. The Morgan fingerprint density at radius 3 is 1.85 bits per heavy atom. The summed E-state index contributed by atoms with van der Waals surface area (Å²) in [5, 5.41) is 0. The number of carbonyl (C=O) groups excluding carboxylic acids is 1. The van der Waals surface area contributed by atoms with Crippen LogP contribution < -0.4 is 4.74 Å². The van der Waals surface area contributed by atoms with Crippen LogP contribution in [0, 0.1) is 16.7 Å². The first-order chi connectivity index (χ1) is 18.2. The molecule has 5 nitrogen and oxygen atoms in total. The molecule has 2 saturated carbocycles. The second kappa shape index (κ2) is 11.1. The summed E-state index contributed by atoms with van der Waals surface area (Å²) in [5.41, 5.74) is -1.45. The molecule has 2 bridgehead atoms. The van der Waals surface area contributed by atoms with Crippen LogP contribution in [0.15, 0.2) is 99.6 Å². The maximum absolute atomic E-state index is 11.8. The van der Waals surface area contributed by atoms with Crippen LogP contribution in [0.3, 0.4) is 0 Å². The zero-order valence-corrected chi connectivity index (χ0v) is 25.0. The van der Waals surface area contributed by atoms with Gasteiger partial charge >= 0.3 is 0 Å². The number of hydrogen-bond acceptors (Lipinski definition) is 5. The summed E-state index contributed by atoms with van der Waals surface area (Å²) in [6.45, 7) is 10.1. The second-order valence-corrected chi connectivity index (χ2v) is 15.4. The Morgan fingerprint density at radius 1 is 0.897 bits per heavy atom. The van der Waals surface area contributed by atoms with Gasteiger partial charge in [-0.2, -0.15) is 0 Å². The third-order valence-electron chi connectivity index (χ3n) is 8.01. The zero-order valence-electron chi connectivity index (χ0n) is 23.3. The molecule has 5 rings (SSSR count). The van der Waals surface area contributed by atoms with Crippen molar-refractivity contribution in [3.8, 4) is 5.75 Å². The van der Waals surface area contributed by atoms with Crippen molar-refractivity contribution in [3.63, 3.8) is 0 Å². The lowest BCUT2D eigenvalue weighted by Crippen LogP contribution is -2.42. The van der Waals surface area contributed by atoms with Crippen molar-refractivity contribution in [2.45, 2.75) is 74.2 Å². The van der Waals surface area contributed by atoms with Gasteiger partial charge in [-0.25, -0.2) is 8.42 Å². The molecule has 0 heterocycles. The first-order valence-electron chi connectivity index (χ1n) is 13.3. The molecule has 7 heteroatoms. The Kier molecular flexibility index (Phi) is 8.36. The van der Waals surface area contributed by atoms with E-state index in [0.717, 1.165) is 12.2 Å². The SMILES string of the molecule is CC(C)(C)Oc1ccccc1[S+](c1ccccc1)c1ccccc1.CC1(C)C2CCC1(CS(=O)(=O)[O-])C(=O)C2. The average molecular weight is 567 g/mol. The van der Waals surface area contributed by atoms with Crippen LogP contribution in [0.25, 0.3) is 0 Å². The van der Waals surface area contributed by atoms with E-state index in [2.05, 4.69) is 99.6 Å². The fourth-order valence-corrected chi connectivity index (χ4v) is 9.39. The molecule has 2 fully saturated rings. The molecule has 0 aromatic heterocycles. The van der Waals surface area contributed by atoms with E-state index < -0.39 is 21.3 Å². The normalized spacial score (nSPS) is 21.9. The Balaban J connectivity index is 0.000000202. The van der Waals surface area contributed by atoms with Crippen LogP contribution in [-0.4, -0.2) is 30.1 Å². The smallest absolute Gasteiger partial charge is 0.208 e. The Morgan fingerprint density at radius 2 is 1.41 bits per heavy atom. The highest BCUT2D eigenvalue weighted by molar-refractivity contribution is 7.97. The van der Waals surface area contributed by atoms with E-state index in [9.17, 15) is 17.8 Å². The number of hydrogen-bond donors (Lipinski definition) is 0. The van der Waals surface area contributed by atoms with Crippen LogP contribution in [-0.2, 0) is 25.8 Å². The van der Waals surface area contributed by atoms with Gasteiger partial charge in [-0.3, -0.25) is 4.79 Å². The van der Waals surface area contributed by atoms with E-state index in [0.29, 0.717) is 12.8 Å². The van der Waals surface area contributed by atoms with Gasteiger partial charge < -0.3 is 9.29 Å². The Bertz CT molecular complexity index is 1360. The van der Waals surface area contributed by atoms with Crippen LogP contribution >= 0.6 is 0 Å². The molecule has 0 radical (unpaired) electrons. The lowest BCUT2D eigenvalue weighted by Gasteiger charge is -2.37. The van der Waals surface area contributed by atoms with Crippen LogP contribution in [0.5, 0.6) is 5.75 Å². The molecule has 2 unspecified atom stereocenters. The van der Waals surface area contributed by atoms with Crippen molar-refractivity contribution < 1.29 is 22.5 Å². The predicted octanol–water partition coefficient (Wildman–Crippen LogP) is 6.89. The number of fused-ring (bicyclic) bond motifs is 2. The van der Waals surface area contributed by atoms with Gasteiger partial charge in [0.1, 0.15) is 22.3 Å². The van der Waals surface area contributed by atoms with Gasteiger partial charge in [0.15, 0.2) is 15.5 Å². The van der Waals surface area contributed by atoms with Crippen molar-refractivity contribution >= 4 is 26.8 Å². The third-order valence-corrected chi connectivity index (χ3v) is 11.1. The molecule has 2 atom stereocenters. The van der Waals surface area contributed by atoms with Gasteiger partial charge in [0.25, 0.3) is 0 Å². The van der Waals surface area contributed by atoms with Gasteiger partial charge in [-0.05, 0) is 81.3 Å². The zero-order chi connectivity index (χ0) is 28.5. The third kappa shape index (κ3) is 6.42. The van der Waals surface area contributed by atoms with E-state index in [1.54, 1.807) is 0 Å². The van der Waals surface area contributed by atoms with Crippen molar-refractivity contribution in [2.75, 3.05) is 5.75 Å². The summed E-state index contributed by atoms with van der Waals surface area (Å²) in [4.78, 5) is 15.7. The van der Waals surface area contributed by atoms with Gasteiger partial charge in [-0.1, -0.05) is 62.4 Å². The first-order valence-corrected chi connectivity index (χ1v) is 16.1. The summed E-state index contributed by atoms with van der Waals surface area (Å²) in [6.07, 6.45) is 1.88. The fraction of sp³-hybridized carbons (Fsp3) is 0.406. The topological polar surface area (TPSA) is 83.5 Å². The molecular formula is C32H38O5S2. The maximum atomic E-state index is 11.8. The molecule has 0 aliphatic heterocycles. The first kappa shape index (κ1) is 29.4. The summed E-state index contributed by atoms with van der Waals surface area (Å²) in [5.74, 6) is 0.679. The summed E-state index contributed by atoms with van der Waals surface area (Å²) >= 11 is 0. The Labute approximate surface area is 236 Å². The van der Waals surface area contributed by atoms with Crippen LogP contribution in [0.1, 0.15) is 53.9 Å². The maximum Gasteiger partial charge on any atom is 0.208 e. The fourth-order valence-electron chi connectivity index (χ4n) is 5.95. The highest BCUT2D eigenvalue weighted by Gasteiger charge is 2.64. The summed E-state index contributed by atoms with van der Waals surface area (Å²) in [6, 6.07) is 29.7. The largest absolute Gasteiger partial charge is 0.748 e. The molecular weight excluding hydrogens is 528 g/mol. The molecule has 0 saturated heterocycles. The molecule has 208 valence electrons. The van der Waals surface area contributed by atoms with E-state index >= 15 is 0 Å². The molecule has 0 amide bonds. The lowest BCUT2D eigenvalue weighted by molar-refractivity contribution is -0.128. The summed E-state index contributed by atoms with van der Waals surface area (Å²) in [7, 11) is -4.51. The Hall–Kier alpha value is -2.61. The molecule has 39 heavy (non-hydrogen) atoms. The van der Waals surface area contributed by atoms with E-state index in [1.807, 2.05) is 19.9 Å². The quantitative estimate of drug-likeness (QED) is 0.240. The minimum atomic E-state index is -4.33. The van der Waals surface area contributed by atoms with Gasteiger partial charge in [0, 0.05) is 11.8 Å². The van der Waals surface area contributed by atoms with Gasteiger partial charge in [0.05, 0.1) is 15.9 Å². The van der Waals surface area contributed by atoms with Gasteiger partial charge in [-0.15, -0.1) is 0 Å². The highest BCUT2D eigenvalue weighted by Crippen LogP contribution is 2.64. The number of carbonyl (C=O) groups is 1. The standard InChI is InChI=1S/C22H23OS.C10H16O4S/c1-22(2,3)23-20-16-10-11-17-21(20)24(18-12-6-4-7-13-18)19-14-8-5-9-15-19;1-9(2)7-3-4-10(9,8(11)5-7)6-15(12,13)14/h4-17H,1-3H3;7H,3-6H2,1-2H3,(H,12,13,14)/q+1;/p-1. The minimum absolute atomic E-state index is 0.0248. The van der Waals surface area contributed by atoms with Crippen molar-refractivity contribution in [2.24, 2.45) is 16.7 Å². The molecule has 0 N–H and O–H groups in total. The molecule has 2 aliphatic carbocycles. The monoisotopic (exact) mass is 566 g/mol. The van der Waals surface area contributed by atoms with Crippen molar-refractivity contribution in [1.29, 1.82) is 0 Å². The van der Waals surface area contributed by atoms with Crippen molar-refractivity contribution in [1.82, 2.24) is 0 Å². The molecule has 0 spiro atoms. The number of benzene rings is 3. The van der Waals surface area contributed by atoms with E-state index in [-0.39, 0.29) is 33.6 Å². The number of rotatable bonds is 6. The number of Topliss-reactive ketones (excluding diaryl/α,β-unsaturated/α-hetero) is 1. The molecule has 3 aromatic rings. The van der Waals surface area contributed by atoms with Crippen molar-refractivity contribution in [3.05, 3.63) is 84.9 Å². The predicted molar refractivity (Wildman–Crippen MR) is 155 cm³/mol.